The van der Waals surface area contributed by atoms with E-state index in [9.17, 15) is 0 Å². The third-order valence-corrected chi connectivity index (χ3v) is 22.9. The van der Waals surface area contributed by atoms with Crippen molar-refractivity contribution in [2.75, 3.05) is 33.2 Å². The average Bonchev–Trinajstić information content (AvgIpc) is 3.04. The van der Waals surface area contributed by atoms with Gasteiger partial charge in [0.15, 0.2) is 0 Å². The van der Waals surface area contributed by atoms with Crippen molar-refractivity contribution < 1.29 is 4.42 Å². The molecule has 1 saturated heterocycles. The van der Waals surface area contributed by atoms with Gasteiger partial charge in [-0.1, -0.05) is 0 Å². The molecule has 1 aromatic heterocycles. The van der Waals surface area contributed by atoms with Crippen LogP contribution < -0.4 is 3.78 Å². The standard InChI is InChI=1S/C10H14BrN2O.3C4H9.Sn/c1-12-2-4-13(5-3-12)7-10-6-9(11)8-14-10;3*1-3-4-2;/h6H,2-5,7H2,1H3;3*1,3-4H2,2H3;. The van der Waals surface area contributed by atoms with Crippen LogP contribution in [0, 0.1) is 0 Å². The number of unbranched alkanes of at least 4 members (excludes halogenated alkanes) is 3. The first-order chi connectivity index (χ1) is 13.0. The summed E-state index contributed by atoms with van der Waals surface area (Å²) >= 11 is 1.45. The van der Waals surface area contributed by atoms with Gasteiger partial charge in [0.05, 0.1) is 0 Å². The van der Waals surface area contributed by atoms with Gasteiger partial charge in [-0.25, -0.2) is 0 Å². The number of likely N-dealkylation sites (N-methyl/N-ethyl adjacent to an activating group) is 1. The van der Waals surface area contributed by atoms with Crippen molar-refractivity contribution in [3.05, 3.63) is 16.3 Å². The molecule has 1 aliphatic heterocycles. The third-order valence-electron chi connectivity index (χ3n) is 6.22. The Morgan fingerprint density at radius 3 is 1.93 bits per heavy atom. The molecule has 0 spiro atoms. The Bertz CT molecular complexity index is 519. The molecule has 0 bridgehead atoms. The summed E-state index contributed by atoms with van der Waals surface area (Å²) in [5, 5.41) is 0. The van der Waals surface area contributed by atoms with Crippen LogP contribution in [0.2, 0.25) is 13.3 Å². The molecule has 0 amide bonds. The number of nitrogens with zero attached hydrogens (tertiary/aromatic N) is 2. The summed E-state index contributed by atoms with van der Waals surface area (Å²) < 4.78 is 13.8. The van der Waals surface area contributed by atoms with E-state index in [1.165, 1.54) is 78.9 Å². The zero-order valence-electron chi connectivity index (χ0n) is 18.2. The first-order valence-corrected chi connectivity index (χ1v) is 19.5. The number of piperazine rings is 1. The maximum atomic E-state index is 6.69. The second-order valence-electron chi connectivity index (χ2n) is 8.56. The van der Waals surface area contributed by atoms with Crippen LogP contribution in [0.15, 0.2) is 15.0 Å². The quantitative estimate of drug-likeness (QED) is 0.306. The van der Waals surface area contributed by atoms with Gasteiger partial charge in [-0.3, -0.25) is 0 Å². The van der Waals surface area contributed by atoms with Gasteiger partial charge in [-0.05, 0) is 0 Å². The van der Waals surface area contributed by atoms with E-state index in [0.29, 0.717) is 0 Å². The molecule has 0 aliphatic carbocycles. The molecule has 1 aromatic rings. The summed E-state index contributed by atoms with van der Waals surface area (Å²) in [4.78, 5) is 4.97. The van der Waals surface area contributed by atoms with Gasteiger partial charge in [0.2, 0.25) is 0 Å². The molecule has 2 heterocycles. The van der Waals surface area contributed by atoms with Gasteiger partial charge in [-0.15, -0.1) is 0 Å². The Labute approximate surface area is 180 Å². The van der Waals surface area contributed by atoms with Crippen molar-refractivity contribution in [3.8, 4) is 0 Å². The summed E-state index contributed by atoms with van der Waals surface area (Å²) in [7, 11) is 2.22. The topological polar surface area (TPSA) is 19.6 Å². The Morgan fingerprint density at radius 1 is 0.926 bits per heavy atom. The molecule has 2 rings (SSSR count). The third kappa shape index (κ3) is 7.04. The summed E-state index contributed by atoms with van der Waals surface area (Å²) in [5.74, 6) is 1.19. The van der Waals surface area contributed by atoms with E-state index in [4.69, 9.17) is 4.42 Å². The van der Waals surface area contributed by atoms with Crippen LogP contribution in [0.25, 0.3) is 0 Å². The molecule has 3 nitrogen and oxygen atoms in total. The van der Waals surface area contributed by atoms with E-state index in [2.05, 4.69) is 59.6 Å². The minimum absolute atomic E-state index is 0.976. The molecule has 1 fully saturated rings. The van der Waals surface area contributed by atoms with Crippen LogP contribution in [-0.2, 0) is 6.54 Å². The van der Waals surface area contributed by atoms with Gasteiger partial charge in [0, 0.05) is 0 Å². The SMILES string of the molecule is CCC[CH2][Sn]([CH2]CCC)([CH2]CCC)[c]1oc(CN2CCN(C)CC2)cc1Br. The van der Waals surface area contributed by atoms with E-state index >= 15 is 0 Å². The van der Waals surface area contributed by atoms with E-state index in [1.807, 2.05) is 0 Å². The molecule has 5 heteroatoms. The molecule has 0 radical (unpaired) electrons. The Balaban J connectivity index is 2.20. The van der Waals surface area contributed by atoms with Gasteiger partial charge >= 0.3 is 181 Å². The van der Waals surface area contributed by atoms with Crippen molar-refractivity contribution in [2.24, 2.45) is 0 Å². The Hall–Kier alpha value is 0.479. The summed E-state index contributed by atoms with van der Waals surface area (Å²) in [6.07, 6.45) is 8.07. The Morgan fingerprint density at radius 2 is 1.44 bits per heavy atom. The molecule has 0 saturated carbocycles. The van der Waals surface area contributed by atoms with Crippen LogP contribution in [0.4, 0.5) is 0 Å². The predicted octanol–water partition coefficient (Wildman–Crippen LogP) is 5.85. The first-order valence-electron chi connectivity index (χ1n) is 11.2. The van der Waals surface area contributed by atoms with E-state index in [-0.39, 0.29) is 0 Å². The van der Waals surface area contributed by atoms with Gasteiger partial charge in [-0.2, -0.15) is 0 Å². The second kappa shape index (κ2) is 12.2. The summed E-state index contributed by atoms with van der Waals surface area (Å²) in [5.41, 5.74) is 0. The van der Waals surface area contributed by atoms with Crippen molar-refractivity contribution in [1.82, 2.24) is 9.80 Å². The van der Waals surface area contributed by atoms with E-state index in [0.717, 1.165) is 19.6 Å². The van der Waals surface area contributed by atoms with Gasteiger partial charge < -0.3 is 0 Å². The molecule has 1 aliphatic rings. The molecule has 0 unspecified atom stereocenters. The zero-order valence-corrected chi connectivity index (χ0v) is 22.6. The van der Waals surface area contributed by atoms with Crippen LogP contribution >= 0.6 is 15.9 Å². The van der Waals surface area contributed by atoms with Crippen molar-refractivity contribution in [3.63, 3.8) is 0 Å². The number of halogens is 1. The maximum absolute atomic E-state index is 6.69. The second-order valence-corrected chi connectivity index (χ2v) is 22.3. The fourth-order valence-electron chi connectivity index (χ4n) is 4.34. The summed E-state index contributed by atoms with van der Waals surface area (Å²) in [6, 6.07) is 2.31. The van der Waals surface area contributed by atoms with Crippen LogP contribution in [-0.4, -0.2) is 61.4 Å². The van der Waals surface area contributed by atoms with Gasteiger partial charge in [0.25, 0.3) is 0 Å². The number of hydrogen-bond acceptors (Lipinski definition) is 3. The number of furan rings is 1. The number of hydrogen-bond donors (Lipinski definition) is 0. The molecular weight excluding hydrogens is 507 g/mol. The van der Waals surface area contributed by atoms with Crippen LogP contribution in [0.3, 0.4) is 0 Å². The molecule has 156 valence electrons. The van der Waals surface area contributed by atoms with Crippen LogP contribution in [0.5, 0.6) is 0 Å². The molecular formula is C22H41BrN2OSn. The molecule has 0 atom stereocenters. The molecule has 0 N–H and O–H groups in total. The summed E-state index contributed by atoms with van der Waals surface area (Å²) in [6.45, 7) is 12.6. The van der Waals surface area contributed by atoms with Crippen molar-refractivity contribution in [1.29, 1.82) is 0 Å². The fraction of sp³-hybridized carbons (Fsp3) is 0.818. The predicted molar refractivity (Wildman–Crippen MR) is 124 cm³/mol. The van der Waals surface area contributed by atoms with Crippen molar-refractivity contribution >= 4 is 38.1 Å². The fourth-order valence-corrected chi connectivity index (χ4v) is 23.1. The first kappa shape index (κ1) is 23.8. The normalized spacial score (nSPS) is 16.9. The molecule has 27 heavy (non-hydrogen) atoms. The van der Waals surface area contributed by atoms with E-state index in [1.54, 1.807) is 0 Å². The Kier molecular flexibility index (Phi) is 10.8. The molecule has 0 aromatic carbocycles. The van der Waals surface area contributed by atoms with Crippen molar-refractivity contribution in [2.45, 2.75) is 79.2 Å². The monoisotopic (exact) mass is 548 g/mol. The van der Waals surface area contributed by atoms with E-state index < -0.39 is 18.4 Å². The number of rotatable bonds is 12. The van der Waals surface area contributed by atoms with Gasteiger partial charge in [0.1, 0.15) is 0 Å². The average molecular weight is 548 g/mol. The van der Waals surface area contributed by atoms with Crippen LogP contribution in [0.1, 0.15) is 65.1 Å². The zero-order chi connectivity index (χ0) is 19.7. The minimum atomic E-state index is -2.49.